The molecule has 196 valence electrons. The number of carbonyl (C=O) groups excluding carboxylic acids is 1. The number of alkyl halides is 1. The third-order valence-corrected chi connectivity index (χ3v) is 10.0. The van der Waals surface area contributed by atoms with E-state index in [-0.39, 0.29) is 30.1 Å². The summed E-state index contributed by atoms with van der Waals surface area (Å²) in [6.45, 7) is 2.60. The van der Waals surface area contributed by atoms with Crippen molar-refractivity contribution in [1.82, 2.24) is 9.38 Å². The number of aryl methyl sites for hydroxylation is 1. The fourth-order valence-corrected chi connectivity index (χ4v) is 8.02. The number of rotatable bonds is 5. The fraction of sp³-hybridized carbons (Fsp3) is 0.400. The van der Waals surface area contributed by atoms with E-state index in [4.69, 9.17) is 22.1 Å². The van der Waals surface area contributed by atoms with Crippen molar-refractivity contribution < 1.29 is 22.3 Å². The second kappa shape index (κ2) is 9.29. The van der Waals surface area contributed by atoms with E-state index < -0.39 is 38.5 Å². The minimum absolute atomic E-state index is 0.0720. The number of anilines is 1. The van der Waals surface area contributed by atoms with Gasteiger partial charge in [-0.15, -0.1) is 0 Å². The monoisotopic (exact) mass is 547 g/mol. The summed E-state index contributed by atoms with van der Waals surface area (Å²) in [7, 11) is -3.86. The van der Waals surface area contributed by atoms with Crippen LogP contribution >= 0.6 is 11.6 Å². The van der Waals surface area contributed by atoms with Crippen LogP contribution in [-0.2, 0) is 15.4 Å². The van der Waals surface area contributed by atoms with Crippen LogP contribution in [-0.4, -0.2) is 53.3 Å². The van der Waals surface area contributed by atoms with E-state index in [1.54, 1.807) is 41.8 Å². The summed E-state index contributed by atoms with van der Waals surface area (Å²) in [5.74, 6) is -0.283. The first kappa shape index (κ1) is 25.5. The Morgan fingerprint density at radius 3 is 2.86 bits per heavy atom. The summed E-state index contributed by atoms with van der Waals surface area (Å²) in [5.41, 5.74) is 6.27. The molecule has 3 unspecified atom stereocenters. The molecule has 0 saturated carbocycles. The van der Waals surface area contributed by atoms with Crippen LogP contribution in [0.2, 0.25) is 5.02 Å². The maximum absolute atomic E-state index is 15.0. The average Bonchev–Trinajstić information content (AvgIpc) is 3.09. The Labute approximate surface area is 218 Å². The zero-order valence-electron chi connectivity index (χ0n) is 20.4. The van der Waals surface area contributed by atoms with E-state index >= 15 is 0 Å². The van der Waals surface area contributed by atoms with E-state index in [1.165, 1.54) is 6.07 Å². The molecule has 3 aromatic rings. The Balaban J connectivity index is 1.57. The van der Waals surface area contributed by atoms with Crippen molar-refractivity contribution in [3.63, 3.8) is 0 Å². The predicted octanol–water partition coefficient (Wildman–Crippen LogP) is 3.82. The third-order valence-electron chi connectivity index (χ3n) is 7.12. The Morgan fingerprint density at radius 2 is 2.14 bits per heavy atom. The van der Waals surface area contributed by atoms with Crippen LogP contribution in [0.3, 0.4) is 0 Å². The first-order chi connectivity index (χ1) is 17.6. The zero-order chi connectivity index (χ0) is 26.5. The number of amidine groups is 1. The highest BCUT2D eigenvalue weighted by molar-refractivity contribution is 7.93. The van der Waals surface area contributed by atoms with Gasteiger partial charge in [0.2, 0.25) is 0 Å². The molecule has 2 aromatic heterocycles. The van der Waals surface area contributed by atoms with Gasteiger partial charge >= 0.3 is 0 Å². The quantitative estimate of drug-likeness (QED) is 0.500. The summed E-state index contributed by atoms with van der Waals surface area (Å²) < 4.78 is 49.7. The number of fused-ring (bicyclic) bond motifs is 4. The van der Waals surface area contributed by atoms with E-state index in [9.17, 15) is 17.6 Å². The molecule has 0 fully saturated rings. The molecule has 0 aliphatic carbocycles. The molecule has 12 heteroatoms. The lowest BCUT2D eigenvalue weighted by Crippen LogP contribution is -2.56. The smallest absolute Gasteiger partial charge is 0.276 e. The molecule has 9 nitrogen and oxygen atoms in total. The molecule has 3 atom stereocenters. The SMILES string of the molecule is CCCC1C(N)=NC2(CF)c3cc(NC(=O)c4nc5ccc(Cl)cn5c4C)ccc3OCCC2S1(=O)=O. The summed E-state index contributed by atoms with van der Waals surface area (Å²) in [5, 5.41) is 1.18. The van der Waals surface area contributed by atoms with E-state index in [1.807, 2.05) is 6.92 Å². The molecule has 0 saturated heterocycles. The normalized spacial score (nSPS) is 24.4. The van der Waals surface area contributed by atoms with Crippen molar-refractivity contribution in [3.05, 3.63) is 58.5 Å². The Morgan fingerprint density at radius 1 is 1.35 bits per heavy atom. The van der Waals surface area contributed by atoms with Gasteiger partial charge in [-0.3, -0.25) is 9.79 Å². The van der Waals surface area contributed by atoms with E-state index in [0.29, 0.717) is 40.6 Å². The second-order valence-electron chi connectivity index (χ2n) is 9.37. The van der Waals surface area contributed by atoms with E-state index in [0.717, 1.165) is 0 Å². The third kappa shape index (κ3) is 4.04. The molecule has 3 N–H and O–H groups in total. The van der Waals surface area contributed by atoms with Gasteiger partial charge < -0.3 is 20.2 Å². The molecule has 2 aliphatic rings. The van der Waals surface area contributed by atoms with Gasteiger partial charge in [0.25, 0.3) is 5.91 Å². The van der Waals surface area contributed by atoms with Gasteiger partial charge in [-0.25, -0.2) is 17.8 Å². The number of ether oxygens (including phenoxy) is 1. The van der Waals surface area contributed by atoms with Gasteiger partial charge in [0.05, 0.1) is 22.6 Å². The maximum atomic E-state index is 15.0. The van der Waals surface area contributed by atoms with Crippen LogP contribution in [0.15, 0.2) is 41.5 Å². The van der Waals surface area contributed by atoms with Crippen LogP contribution in [0.1, 0.15) is 47.9 Å². The van der Waals surface area contributed by atoms with Crippen molar-refractivity contribution in [2.75, 3.05) is 18.6 Å². The molecule has 5 rings (SSSR count). The number of aromatic nitrogens is 2. The summed E-state index contributed by atoms with van der Waals surface area (Å²) in [6, 6.07) is 8.08. The number of hydrogen-bond donors (Lipinski definition) is 2. The first-order valence-electron chi connectivity index (χ1n) is 12.0. The van der Waals surface area contributed by atoms with Gasteiger partial charge in [-0.2, -0.15) is 0 Å². The molecule has 1 aromatic carbocycles. The summed E-state index contributed by atoms with van der Waals surface area (Å²) in [6.07, 6.45) is 2.64. The number of aliphatic imine (C=N–C) groups is 1. The molecule has 37 heavy (non-hydrogen) atoms. The number of benzene rings is 1. The molecule has 1 amide bonds. The number of nitrogens with zero attached hydrogens (tertiary/aromatic N) is 3. The standard InChI is InChI=1S/C25H27ClFN5O4S/c1-3-4-19-23(28)31-25(13-27)17-11-16(6-7-18(17)36-10-9-20(25)37(19,34)35)29-24(33)22-14(2)32-12-15(26)5-8-21(32)30-22/h5-8,11-12,19-20H,3-4,9-10,13H2,1-2H3,(H2,28,31)(H,29,33). The number of amides is 1. The van der Waals surface area contributed by atoms with Crippen molar-refractivity contribution in [3.8, 4) is 5.75 Å². The summed E-state index contributed by atoms with van der Waals surface area (Å²) >= 11 is 6.08. The number of sulfone groups is 1. The number of nitrogens with one attached hydrogen (secondary N) is 1. The minimum Gasteiger partial charge on any atom is -0.493 e. The molecular weight excluding hydrogens is 521 g/mol. The number of nitrogens with two attached hydrogens (primary N) is 1. The van der Waals surface area contributed by atoms with Gasteiger partial charge in [0.1, 0.15) is 40.4 Å². The highest BCUT2D eigenvalue weighted by atomic mass is 35.5. The molecular formula is C25H27ClFN5O4S. The molecule has 2 aliphatic heterocycles. The lowest BCUT2D eigenvalue weighted by atomic mass is 9.85. The largest absolute Gasteiger partial charge is 0.493 e. The van der Waals surface area contributed by atoms with Crippen molar-refractivity contribution in [1.29, 1.82) is 0 Å². The number of halogens is 2. The zero-order valence-corrected chi connectivity index (χ0v) is 21.9. The van der Waals surface area contributed by atoms with Gasteiger partial charge in [0.15, 0.2) is 9.84 Å². The highest BCUT2D eigenvalue weighted by Gasteiger charge is 2.56. The van der Waals surface area contributed by atoms with Crippen LogP contribution in [0, 0.1) is 6.92 Å². The minimum atomic E-state index is -3.86. The molecule has 0 radical (unpaired) electrons. The lowest BCUT2D eigenvalue weighted by molar-refractivity contribution is 0.102. The van der Waals surface area contributed by atoms with Crippen LogP contribution in [0.4, 0.5) is 10.1 Å². The number of imidazole rings is 1. The predicted molar refractivity (Wildman–Crippen MR) is 140 cm³/mol. The van der Waals surface area contributed by atoms with E-state index in [2.05, 4.69) is 15.3 Å². The van der Waals surface area contributed by atoms with Crippen molar-refractivity contribution >= 4 is 44.5 Å². The summed E-state index contributed by atoms with van der Waals surface area (Å²) in [4.78, 5) is 22.1. The average molecular weight is 548 g/mol. The Hall–Kier alpha value is -3.18. The van der Waals surface area contributed by atoms with Crippen LogP contribution in [0.25, 0.3) is 5.65 Å². The number of carbonyl (C=O) groups is 1. The van der Waals surface area contributed by atoms with Gasteiger partial charge in [-0.1, -0.05) is 24.9 Å². The number of hydrogen-bond acceptors (Lipinski definition) is 7. The Kier molecular flexibility index (Phi) is 6.39. The van der Waals surface area contributed by atoms with Gasteiger partial charge in [-0.05, 0) is 43.7 Å². The first-order valence-corrected chi connectivity index (χ1v) is 14.0. The van der Waals surface area contributed by atoms with Crippen molar-refractivity contribution in [2.45, 2.75) is 49.1 Å². The molecule has 4 heterocycles. The fourth-order valence-electron chi connectivity index (χ4n) is 5.30. The second-order valence-corrected chi connectivity index (χ2v) is 12.1. The molecule has 0 bridgehead atoms. The van der Waals surface area contributed by atoms with Crippen molar-refractivity contribution in [2.24, 2.45) is 10.7 Å². The number of pyridine rings is 1. The highest BCUT2D eigenvalue weighted by Crippen LogP contribution is 2.47. The van der Waals surface area contributed by atoms with Gasteiger partial charge in [0, 0.05) is 23.9 Å². The Bertz CT molecular complexity index is 1540. The molecule has 0 spiro atoms. The lowest BCUT2D eigenvalue weighted by Gasteiger charge is -2.40. The van der Waals surface area contributed by atoms with Crippen LogP contribution in [0.5, 0.6) is 5.75 Å². The maximum Gasteiger partial charge on any atom is 0.276 e. The topological polar surface area (TPSA) is 128 Å². The van der Waals surface area contributed by atoms with Crippen LogP contribution < -0.4 is 15.8 Å².